The van der Waals surface area contributed by atoms with Crippen molar-refractivity contribution in [1.82, 2.24) is 0 Å². The smallest absolute Gasteiger partial charge is 0.204 e. The lowest BCUT2D eigenvalue weighted by Gasteiger charge is -2.04. The molecule has 0 amide bonds. The third-order valence-corrected chi connectivity index (χ3v) is 5.33. The number of ketones is 1. The monoisotopic (exact) mass is 411 g/mol. The summed E-state index contributed by atoms with van der Waals surface area (Å²) in [6, 6.07) is 4.04. The van der Waals surface area contributed by atoms with Crippen molar-refractivity contribution >= 4 is 66.3 Å². The van der Waals surface area contributed by atoms with Gasteiger partial charge in [0.15, 0.2) is 0 Å². The maximum atomic E-state index is 13.2. The van der Waals surface area contributed by atoms with Gasteiger partial charge in [-0.05, 0) is 50.1 Å². The number of benzene rings is 1. The molecule has 2 N–H and O–H groups in total. The van der Waals surface area contributed by atoms with E-state index in [-0.39, 0.29) is 11.5 Å². The van der Waals surface area contributed by atoms with E-state index in [1.807, 2.05) is 0 Å². The number of halogens is 4. The number of thiophene rings is 1. The second-order valence-electron chi connectivity index (χ2n) is 3.41. The van der Waals surface area contributed by atoms with Gasteiger partial charge in [-0.15, -0.1) is 11.3 Å². The van der Waals surface area contributed by atoms with Crippen molar-refractivity contribution in [3.63, 3.8) is 0 Å². The van der Waals surface area contributed by atoms with Crippen LogP contribution in [-0.2, 0) is 0 Å². The first-order valence-corrected chi connectivity index (χ1v) is 7.42. The van der Waals surface area contributed by atoms with E-state index in [0.29, 0.717) is 23.7 Å². The number of hydrogen-bond acceptors (Lipinski definition) is 3. The van der Waals surface area contributed by atoms with Crippen molar-refractivity contribution in [3.8, 4) is 0 Å². The summed E-state index contributed by atoms with van der Waals surface area (Å²) in [4.78, 5) is 12.7. The molecule has 7 heteroatoms. The molecular formula is C11H5Br2ClFNOS. The van der Waals surface area contributed by atoms with Crippen molar-refractivity contribution < 1.29 is 9.18 Å². The molecule has 0 saturated carbocycles. The predicted molar refractivity (Wildman–Crippen MR) is 79.0 cm³/mol. The van der Waals surface area contributed by atoms with E-state index in [2.05, 4.69) is 31.9 Å². The first-order valence-electron chi connectivity index (χ1n) is 4.64. The minimum absolute atomic E-state index is 0.0664. The lowest BCUT2D eigenvalue weighted by Crippen LogP contribution is -2.03. The summed E-state index contributed by atoms with van der Waals surface area (Å²) in [7, 11) is 0. The van der Waals surface area contributed by atoms with Gasteiger partial charge in [-0.3, -0.25) is 4.79 Å². The highest BCUT2D eigenvalue weighted by molar-refractivity contribution is 9.11. The van der Waals surface area contributed by atoms with E-state index in [0.717, 1.165) is 0 Å². The summed E-state index contributed by atoms with van der Waals surface area (Å²) in [5.74, 6) is -0.824. The Morgan fingerprint density at radius 2 is 2.00 bits per heavy atom. The molecule has 18 heavy (non-hydrogen) atoms. The van der Waals surface area contributed by atoms with E-state index < -0.39 is 5.82 Å². The largest absolute Gasteiger partial charge is 0.396 e. The van der Waals surface area contributed by atoms with E-state index in [9.17, 15) is 9.18 Å². The zero-order chi connectivity index (χ0) is 13.4. The second kappa shape index (κ2) is 5.28. The molecule has 0 aliphatic heterocycles. The SMILES string of the molecule is Nc1cc(C(=O)c2cc(Cl)c(Br)s2)c(Br)cc1F. The molecule has 1 heterocycles. The summed E-state index contributed by atoms with van der Waals surface area (Å²) in [6.45, 7) is 0. The van der Waals surface area contributed by atoms with Crippen LogP contribution in [0.25, 0.3) is 0 Å². The molecular weight excluding hydrogens is 408 g/mol. The van der Waals surface area contributed by atoms with E-state index in [1.54, 1.807) is 6.07 Å². The van der Waals surface area contributed by atoms with Gasteiger partial charge in [0.1, 0.15) is 5.82 Å². The molecule has 0 bridgehead atoms. The molecule has 2 nitrogen and oxygen atoms in total. The predicted octanol–water partition coefficient (Wildman–Crippen LogP) is 4.88. The molecule has 0 aliphatic rings. The molecule has 2 rings (SSSR count). The van der Waals surface area contributed by atoms with Crippen LogP contribution in [0.2, 0.25) is 5.02 Å². The van der Waals surface area contributed by atoms with Crippen molar-refractivity contribution in [2.75, 3.05) is 5.73 Å². The van der Waals surface area contributed by atoms with E-state index in [1.165, 1.54) is 23.5 Å². The summed E-state index contributed by atoms with van der Waals surface area (Å²) in [5, 5.41) is 0.467. The number of nitrogens with two attached hydrogens (primary N) is 1. The minimum Gasteiger partial charge on any atom is -0.396 e. The summed E-state index contributed by atoms with van der Waals surface area (Å²) in [6.07, 6.45) is 0. The third kappa shape index (κ3) is 2.61. The second-order valence-corrected chi connectivity index (χ2v) is 7.05. The molecule has 1 aromatic carbocycles. The highest BCUT2D eigenvalue weighted by Gasteiger charge is 2.18. The van der Waals surface area contributed by atoms with Gasteiger partial charge in [0.25, 0.3) is 0 Å². The number of rotatable bonds is 2. The lowest BCUT2D eigenvalue weighted by molar-refractivity contribution is 0.104. The fourth-order valence-corrected chi connectivity index (χ4v) is 3.48. The Hall–Kier alpha value is -0.430. The molecule has 0 aliphatic carbocycles. The minimum atomic E-state index is -0.566. The fourth-order valence-electron chi connectivity index (χ4n) is 1.33. The van der Waals surface area contributed by atoms with Crippen LogP contribution in [0.3, 0.4) is 0 Å². The lowest BCUT2D eigenvalue weighted by atomic mass is 10.1. The summed E-state index contributed by atoms with van der Waals surface area (Å²) in [5.41, 5.74) is 5.70. The van der Waals surface area contributed by atoms with Crippen molar-refractivity contribution in [3.05, 3.63) is 47.7 Å². The number of anilines is 1. The third-order valence-electron chi connectivity index (χ3n) is 2.20. The zero-order valence-electron chi connectivity index (χ0n) is 8.64. The Labute approximate surface area is 128 Å². The van der Waals surface area contributed by atoms with Crippen LogP contribution < -0.4 is 5.73 Å². The number of carbonyl (C=O) groups excluding carboxylic acids is 1. The molecule has 0 fully saturated rings. The zero-order valence-corrected chi connectivity index (χ0v) is 13.4. The van der Waals surface area contributed by atoms with Gasteiger partial charge in [-0.1, -0.05) is 11.6 Å². The molecule has 0 spiro atoms. The maximum Gasteiger partial charge on any atom is 0.204 e. The Balaban J connectivity index is 2.49. The average molecular weight is 413 g/mol. The van der Waals surface area contributed by atoms with Gasteiger partial charge >= 0.3 is 0 Å². The molecule has 2 aromatic rings. The number of hydrogen-bond donors (Lipinski definition) is 1. The molecule has 0 saturated heterocycles. The Kier molecular flexibility index (Phi) is 4.11. The van der Waals surface area contributed by atoms with Crippen LogP contribution in [0.4, 0.5) is 10.1 Å². The fraction of sp³-hybridized carbons (Fsp3) is 0. The van der Waals surface area contributed by atoms with Crippen LogP contribution >= 0.6 is 54.8 Å². The highest BCUT2D eigenvalue weighted by atomic mass is 79.9. The average Bonchev–Trinajstić information content (AvgIpc) is 2.63. The van der Waals surface area contributed by atoms with E-state index in [4.69, 9.17) is 17.3 Å². The van der Waals surface area contributed by atoms with Crippen molar-refractivity contribution in [2.24, 2.45) is 0 Å². The van der Waals surface area contributed by atoms with Crippen LogP contribution in [0, 0.1) is 5.82 Å². The van der Waals surface area contributed by atoms with Crippen LogP contribution in [0.1, 0.15) is 15.2 Å². The van der Waals surface area contributed by atoms with Crippen LogP contribution in [0.15, 0.2) is 26.5 Å². The quantitative estimate of drug-likeness (QED) is 0.563. The first-order chi connectivity index (χ1) is 8.40. The number of nitrogen functional groups attached to an aromatic ring is 1. The first kappa shape index (κ1) is 14.0. The van der Waals surface area contributed by atoms with Gasteiger partial charge in [0.05, 0.1) is 19.4 Å². The van der Waals surface area contributed by atoms with Gasteiger partial charge in [-0.25, -0.2) is 4.39 Å². The van der Waals surface area contributed by atoms with Gasteiger partial charge < -0.3 is 5.73 Å². The van der Waals surface area contributed by atoms with Gasteiger partial charge in [0.2, 0.25) is 5.78 Å². The highest BCUT2D eigenvalue weighted by Crippen LogP contribution is 2.34. The summed E-state index contributed by atoms with van der Waals surface area (Å²) < 4.78 is 14.2. The molecule has 0 atom stereocenters. The maximum absolute atomic E-state index is 13.2. The normalized spacial score (nSPS) is 10.7. The Bertz CT molecular complexity index is 625. The topological polar surface area (TPSA) is 43.1 Å². The van der Waals surface area contributed by atoms with Crippen LogP contribution in [-0.4, -0.2) is 5.78 Å². The van der Waals surface area contributed by atoms with Crippen molar-refractivity contribution in [2.45, 2.75) is 0 Å². The molecule has 94 valence electrons. The molecule has 0 radical (unpaired) electrons. The van der Waals surface area contributed by atoms with E-state index >= 15 is 0 Å². The molecule has 1 aromatic heterocycles. The summed E-state index contributed by atoms with van der Waals surface area (Å²) >= 11 is 13.5. The van der Waals surface area contributed by atoms with Gasteiger partial charge in [-0.2, -0.15) is 0 Å². The Morgan fingerprint density at radius 1 is 1.33 bits per heavy atom. The molecule has 0 unspecified atom stereocenters. The van der Waals surface area contributed by atoms with Gasteiger partial charge in [0, 0.05) is 10.0 Å². The number of carbonyl (C=O) groups is 1. The van der Waals surface area contributed by atoms with Crippen molar-refractivity contribution in [1.29, 1.82) is 0 Å². The standard InChI is InChI=1S/C11H5Br2ClFNOS/c12-5-2-7(15)8(16)1-4(5)10(17)9-3-6(14)11(13)18-9/h1-3H,16H2. The Morgan fingerprint density at radius 3 is 2.56 bits per heavy atom. The van der Waals surface area contributed by atoms with Crippen LogP contribution in [0.5, 0.6) is 0 Å².